The molecular weight excluding hydrogens is 474 g/mol. The number of piperazine rings is 1. The van der Waals surface area contributed by atoms with Crippen molar-refractivity contribution in [2.24, 2.45) is 10.7 Å². The number of methoxy groups -OCH3 is 1. The fourth-order valence-electron chi connectivity index (χ4n) is 5.29. The highest BCUT2D eigenvalue weighted by Crippen LogP contribution is 2.36. The molecule has 0 spiro atoms. The van der Waals surface area contributed by atoms with Gasteiger partial charge in [0.2, 0.25) is 5.95 Å². The smallest absolute Gasteiger partial charge is 0.227 e. The Bertz CT molecular complexity index is 1340. The third-order valence-corrected chi connectivity index (χ3v) is 7.59. The van der Waals surface area contributed by atoms with E-state index in [-0.39, 0.29) is 5.92 Å². The van der Waals surface area contributed by atoms with Crippen molar-refractivity contribution < 1.29 is 4.74 Å². The van der Waals surface area contributed by atoms with Gasteiger partial charge in [0.1, 0.15) is 5.75 Å². The van der Waals surface area contributed by atoms with Gasteiger partial charge in [-0.3, -0.25) is 4.99 Å². The lowest BCUT2D eigenvalue weighted by atomic mass is 9.84. The quantitative estimate of drug-likeness (QED) is 0.452. The van der Waals surface area contributed by atoms with E-state index in [1.807, 2.05) is 25.4 Å². The van der Waals surface area contributed by atoms with Crippen LogP contribution in [0.4, 0.5) is 17.3 Å². The van der Waals surface area contributed by atoms with Crippen LogP contribution in [0.1, 0.15) is 36.1 Å². The second-order valence-electron chi connectivity index (χ2n) is 10.0. The molecule has 1 aliphatic heterocycles. The number of aromatic nitrogens is 2. The van der Waals surface area contributed by atoms with Crippen molar-refractivity contribution in [2.75, 3.05) is 57.6 Å². The Labute approximate surface area is 225 Å². The number of fused-ring (bicyclic) bond motifs is 1. The molecule has 198 valence electrons. The van der Waals surface area contributed by atoms with Gasteiger partial charge in [0.25, 0.3) is 0 Å². The Balaban J connectivity index is 1.44. The second-order valence-corrected chi connectivity index (χ2v) is 10.0. The molecule has 0 bridgehead atoms. The number of benzene rings is 2. The number of nitrogens with two attached hydrogens (primary N) is 1. The van der Waals surface area contributed by atoms with Crippen molar-refractivity contribution in [3.63, 3.8) is 0 Å². The molecule has 2 aromatic carbocycles. The van der Waals surface area contributed by atoms with E-state index in [2.05, 4.69) is 70.5 Å². The van der Waals surface area contributed by atoms with Crippen molar-refractivity contribution >= 4 is 28.6 Å². The Kier molecular flexibility index (Phi) is 7.60. The van der Waals surface area contributed by atoms with Gasteiger partial charge in [0.05, 0.1) is 24.2 Å². The summed E-state index contributed by atoms with van der Waals surface area (Å²) in [7, 11) is 5.68. The maximum Gasteiger partial charge on any atom is 0.227 e. The van der Waals surface area contributed by atoms with Crippen LogP contribution < -0.4 is 20.7 Å². The first kappa shape index (κ1) is 25.7. The Morgan fingerprint density at radius 2 is 1.84 bits per heavy atom. The number of hydrogen-bond acceptors (Lipinski definition) is 8. The van der Waals surface area contributed by atoms with E-state index in [0.717, 1.165) is 84.4 Å². The average molecular weight is 512 g/mol. The highest BCUT2D eigenvalue weighted by atomic mass is 16.5. The average Bonchev–Trinajstić information content (AvgIpc) is 2.95. The summed E-state index contributed by atoms with van der Waals surface area (Å²) in [5.74, 6) is 1.34. The molecule has 2 heterocycles. The highest BCUT2D eigenvalue weighted by Gasteiger charge is 2.27. The monoisotopic (exact) mass is 511 g/mol. The van der Waals surface area contributed by atoms with E-state index in [4.69, 9.17) is 20.4 Å². The fraction of sp³-hybridized carbons (Fsp3) is 0.367. The molecular formula is C30H37N7O. The van der Waals surface area contributed by atoms with Crippen LogP contribution in [0.25, 0.3) is 5.57 Å². The van der Waals surface area contributed by atoms with Crippen LogP contribution in [0.5, 0.6) is 5.75 Å². The van der Waals surface area contributed by atoms with E-state index >= 15 is 0 Å². The number of nitrogens with one attached hydrogen (secondary N) is 1. The van der Waals surface area contributed by atoms with Gasteiger partial charge in [0, 0.05) is 68.4 Å². The molecule has 1 saturated heterocycles. The third kappa shape index (κ3) is 5.22. The minimum atomic E-state index is 0.0780. The van der Waals surface area contributed by atoms with Gasteiger partial charge in [0.15, 0.2) is 0 Å². The number of aliphatic imine (C=N–C) groups is 1. The predicted molar refractivity (Wildman–Crippen MR) is 156 cm³/mol. The normalized spacial score (nSPS) is 17.3. The number of aryl methyl sites for hydroxylation is 1. The topological polar surface area (TPSA) is 91.9 Å². The SMILES string of the molecule is CN=C(C1=C(N)CCc2cnc(Nc3ccc(N4CCN(C)CC4)cc3OC)nc21)[C@@H](C)c1ccccc1. The summed E-state index contributed by atoms with van der Waals surface area (Å²) in [5.41, 5.74) is 14.4. The Hall–Kier alpha value is -3.91. The zero-order chi connectivity index (χ0) is 26.6. The zero-order valence-corrected chi connectivity index (χ0v) is 22.7. The molecule has 1 aromatic heterocycles. The summed E-state index contributed by atoms with van der Waals surface area (Å²) < 4.78 is 5.75. The molecule has 0 saturated carbocycles. The van der Waals surface area contributed by atoms with Crippen molar-refractivity contribution in [1.29, 1.82) is 0 Å². The molecule has 8 heteroatoms. The van der Waals surface area contributed by atoms with Crippen molar-refractivity contribution in [2.45, 2.75) is 25.7 Å². The number of allylic oxidation sites excluding steroid dienone is 2. The molecule has 1 aliphatic carbocycles. The Morgan fingerprint density at radius 1 is 1.08 bits per heavy atom. The molecule has 38 heavy (non-hydrogen) atoms. The number of ether oxygens (including phenoxy) is 1. The molecule has 1 atom stereocenters. The first-order valence-electron chi connectivity index (χ1n) is 13.2. The van der Waals surface area contributed by atoms with Crippen LogP contribution in [-0.4, -0.2) is 68.0 Å². The third-order valence-electron chi connectivity index (χ3n) is 7.59. The summed E-state index contributed by atoms with van der Waals surface area (Å²) in [6.45, 7) is 6.27. The lowest BCUT2D eigenvalue weighted by molar-refractivity contribution is 0.312. The van der Waals surface area contributed by atoms with Gasteiger partial charge in [-0.15, -0.1) is 0 Å². The van der Waals surface area contributed by atoms with Crippen molar-refractivity contribution in [1.82, 2.24) is 14.9 Å². The van der Waals surface area contributed by atoms with Gasteiger partial charge in [-0.2, -0.15) is 0 Å². The first-order chi connectivity index (χ1) is 18.5. The predicted octanol–water partition coefficient (Wildman–Crippen LogP) is 4.47. The lowest BCUT2D eigenvalue weighted by Gasteiger charge is -2.34. The fourth-order valence-corrected chi connectivity index (χ4v) is 5.29. The van der Waals surface area contributed by atoms with Gasteiger partial charge in [-0.25, -0.2) is 9.97 Å². The Morgan fingerprint density at radius 3 is 2.55 bits per heavy atom. The molecule has 3 aromatic rings. The molecule has 5 rings (SSSR count). The summed E-state index contributed by atoms with van der Waals surface area (Å²) >= 11 is 0. The van der Waals surface area contributed by atoms with Crippen LogP contribution in [-0.2, 0) is 6.42 Å². The van der Waals surface area contributed by atoms with Crippen LogP contribution in [0.3, 0.4) is 0 Å². The maximum absolute atomic E-state index is 6.62. The summed E-state index contributed by atoms with van der Waals surface area (Å²) in [5, 5.41) is 3.39. The number of anilines is 3. The molecule has 0 radical (unpaired) electrons. The molecule has 0 amide bonds. The van der Waals surface area contributed by atoms with Crippen LogP contribution in [0, 0.1) is 0 Å². The number of hydrogen-bond donors (Lipinski definition) is 2. The molecule has 8 nitrogen and oxygen atoms in total. The summed E-state index contributed by atoms with van der Waals surface area (Å²) in [6, 6.07) is 16.6. The zero-order valence-electron chi connectivity index (χ0n) is 22.7. The van der Waals surface area contributed by atoms with Gasteiger partial charge < -0.3 is 25.6 Å². The van der Waals surface area contributed by atoms with E-state index in [0.29, 0.717) is 5.95 Å². The first-order valence-corrected chi connectivity index (χ1v) is 13.2. The highest BCUT2D eigenvalue weighted by molar-refractivity contribution is 6.27. The molecule has 1 fully saturated rings. The minimum Gasteiger partial charge on any atom is -0.494 e. The molecule has 2 aliphatic rings. The van der Waals surface area contributed by atoms with Gasteiger partial charge in [-0.1, -0.05) is 37.3 Å². The molecule has 0 unspecified atom stereocenters. The van der Waals surface area contributed by atoms with E-state index in [1.54, 1.807) is 7.11 Å². The van der Waals surface area contributed by atoms with Gasteiger partial charge >= 0.3 is 0 Å². The van der Waals surface area contributed by atoms with Crippen LogP contribution in [0.2, 0.25) is 0 Å². The largest absolute Gasteiger partial charge is 0.494 e. The van der Waals surface area contributed by atoms with Crippen molar-refractivity contribution in [3.8, 4) is 5.75 Å². The minimum absolute atomic E-state index is 0.0780. The van der Waals surface area contributed by atoms with E-state index in [9.17, 15) is 0 Å². The molecule has 3 N–H and O–H groups in total. The van der Waals surface area contributed by atoms with E-state index in [1.165, 1.54) is 5.56 Å². The standard InChI is InChI=1S/C30H37N7O/c1-20(21-8-6-5-7-9-21)28(32-2)27-24(31)12-10-22-19-33-30(35-29(22)27)34-25-13-11-23(18-26(25)38-4)37-16-14-36(3)15-17-37/h5-9,11,13,18-20H,10,12,14-17,31H2,1-4H3,(H,33,34,35)/t20-/m0/s1. The number of likely N-dealkylation sites (N-methyl/N-ethyl adjacent to an activating group) is 1. The summed E-state index contributed by atoms with van der Waals surface area (Å²) in [4.78, 5) is 19.0. The van der Waals surface area contributed by atoms with Crippen LogP contribution >= 0.6 is 0 Å². The maximum atomic E-state index is 6.62. The van der Waals surface area contributed by atoms with E-state index < -0.39 is 0 Å². The second kappa shape index (κ2) is 11.2. The lowest BCUT2D eigenvalue weighted by Crippen LogP contribution is -2.44. The van der Waals surface area contributed by atoms with Gasteiger partial charge in [-0.05, 0) is 43.1 Å². The number of nitrogens with zero attached hydrogens (tertiary/aromatic N) is 5. The van der Waals surface area contributed by atoms with Crippen LogP contribution in [0.15, 0.2) is 65.4 Å². The number of rotatable bonds is 7. The van der Waals surface area contributed by atoms with Crippen molar-refractivity contribution in [3.05, 3.63) is 77.2 Å². The summed E-state index contributed by atoms with van der Waals surface area (Å²) in [6.07, 6.45) is 3.48.